The predicted molar refractivity (Wildman–Crippen MR) is 28.1 cm³/mol. The second-order valence-electron chi connectivity index (χ2n) is 1.61. The van der Waals surface area contributed by atoms with Crippen LogP contribution in [0.3, 0.4) is 0 Å². The molecule has 0 spiro atoms. The molecule has 0 bridgehead atoms. The van der Waals surface area contributed by atoms with Crippen LogP contribution in [0.4, 0.5) is 26.3 Å². The van der Waals surface area contributed by atoms with Gasteiger partial charge in [0.25, 0.3) is 0 Å². The first kappa shape index (κ1) is 20.3. The first-order valence-electron chi connectivity index (χ1n) is 2.67. The number of halogens is 6. The van der Waals surface area contributed by atoms with Crippen LogP contribution in [-0.2, 0) is 30.6 Å². The maximum absolute atomic E-state index is 10.6. The Morgan fingerprint density at radius 1 is 0.750 bits per heavy atom. The van der Waals surface area contributed by atoms with Gasteiger partial charge in [0.1, 0.15) is 0 Å². The predicted octanol–water partition coefficient (Wildman–Crippen LogP) is 1.15. The Hall–Kier alpha value is -1.10. The van der Waals surface area contributed by atoms with E-state index in [1.54, 1.807) is 0 Å². The molecule has 0 radical (unpaired) electrons. The van der Waals surface area contributed by atoms with E-state index in [0.29, 0.717) is 0 Å². The Morgan fingerprint density at radius 3 is 0.812 bits per heavy atom. The SMILES string of the molecule is O=C(O)C(F)(F)F.O=C(O)C(F)(F)F.[O]=[V]. The molecule has 0 saturated carbocycles. The normalized spacial score (nSPS) is 10.1. The van der Waals surface area contributed by atoms with Crippen LogP contribution >= 0.6 is 0 Å². The van der Waals surface area contributed by atoms with Gasteiger partial charge < -0.3 is 10.2 Å². The van der Waals surface area contributed by atoms with Gasteiger partial charge in [-0.3, -0.25) is 0 Å². The Balaban J connectivity index is -0.000000183. The second kappa shape index (κ2) is 8.10. The summed E-state index contributed by atoms with van der Waals surface area (Å²) in [7, 11) is 0. The fraction of sp³-hybridized carbons (Fsp3) is 0.500. The van der Waals surface area contributed by atoms with Gasteiger partial charge in [0.2, 0.25) is 0 Å². The molecule has 0 unspecified atom stereocenters. The summed E-state index contributed by atoms with van der Waals surface area (Å²) in [5.74, 6) is -5.51. The van der Waals surface area contributed by atoms with Gasteiger partial charge in [-0.2, -0.15) is 26.3 Å². The van der Waals surface area contributed by atoms with E-state index in [9.17, 15) is 26.3 Å². The average molecular weight is 295 g/mol. The topological polar surface area (TPSA) is 91.7 Å². The van der Waals surface area contributed by atoms with Crippen molar-refractivity contribution in [2.75, 3.05) is 0 Å². The zero-order valence-electron chi connectivity index (χ0n) is 6.83. The van der Waals surface area contributed by atoms with Crippen molar-refractivity contribution >= 4 is 11.9 Å². The van der Waals surface area contributed by atoms with E-state index < -0.39 is 24.3 Å². The molecule has 0 aromatic heterocycles. The van der Waals surface area contributed by atoms with Gasteiger partial charge in [-0.25, -0.2) is 9.59 Å². The van der Waals surface area contributed by atoms with Crippen LogP contribution < -0.4 is 0 Å². The maximum atomic E-state index is 10.6. The van der Waals surface area contributed by atoms with Crippen LogP contribution in [-0.4, -0.2) is 34.5 Å². The molecule has 0 aromatic rings. The molecule has 0 atom stereocenters. The van der Waals surface area contributed by atoms with Crippen molar-refractivity contribution in [2.24, 2.45) is 0 Å². The average Bonchev–Trinajstić information content (AvgIpc) is 2.05. The van der Waals surface area contributed by atoms with Crippen molar-refractivity contribution in [3.05, 3.63) is 0 Å². The van der Waals surface area contributed by atoms with Crippen LogP contribution in [0.5, 0.6) is 0 Å². The molecule has 0 aromatic carbocycles. The molecule has 12 heteroatoms. The van der Waals surface area contributed by atoms with Crippen molar-refractivity contribution in [2.45, 2.75) is 12.4 Å². The summed E-state index contributed by atoms with van der Waals surface area (Å²) >= 11 is 1.06. The van der Waals surface area contributed by atoms with Crippen molar-refractivity contribution in [3.8, 4) is 0 Å². The standard InChI is InChI=1S/2C2HF3O2.O.V/c2*3-2(4,5)1(6)7;;/h2*(H,6,7);;. The molecule has 0 aliphatic carbocycles. The van der Waals surface area contributed by atoms with Gasteiger partial charge in [0, 0.05) is 0 Å². The second-order valence-corrected chi connectivity index (χ2v) is 1.61. The van der Waals surface area contributed by atoms with Crippen molar-refractivity contribution < 1.29 is 67.2 Å². The number of rotatable bonds is 0. The summed E-state index contributed by atoms with van der Waals surface area (Å²) in [5.41, 5.74) is 0. The van der Waals surface area contributed by atoms with E-state index in [1.807, 2.05) is 0 Å². The fourth-order valence-electron chi connectivity index (χ4n) is 0. The van der Waals surface area contributed by atoms with E-state index in [4.69, 9.17) is 23.5 Å². The summed E-state index contributed by atoms with van der Waals surface area (Å²) in [6.07, 6.45) is -10.2. The van der Waals surface area contributed by atoms with Gasteiger partial charge in [-0.1, -0.05) is 0 Å². The quantitative estimate of drug-likeness (QED) is 0.654. The Kier molecular flexibility index (Phi) is 10.3. The summed E-state index contributed by atoms with van der Waals surface area (Å²) in [6.45, 7) is 0. The summed E-state index contributed by atoms with van der Waals surface area (Å²) in [6, 6.07) is 0. The van der Waals surface area contributed by atoms with Crippen molar-refractivity contribution in [3.63, 3.8) is 0 Å². The first-order chi connectivity index (χ1) is 6.89. The molecule has 0 saturated heterocycles. The molecule has 0 amide bonds. The number of carbonyl (C=O) groups is 2. The number of aliphatic carboxylic acids is 2. The van der Waals surface area contributed by atoms with Crippen LogP contribution in [0.15, 0.2) is 0 Å². The molecule has 0 aliphatic rings. The minimum atomic E-state index is -5.08. The van der Waals surface area contributed by atoms with Gasteiger partial charge in [-0.15, -0.1) is 0 Å². The van der Waals surface area contributed by atoms with Crippen LogP contribution in [0.25, 0.3) is 0 Å². The number of hydrogen-bond donors (Lipinski definition) is 2. The van der Waals surface area contributed by atoms with Crippen molar-refractivity contribution in [1.29, 1.82) is 0 Å². The fourth-order valence-corrected chi connectivity index (χ4v) is 0. The molecule has 2 N–H and O–H groups in total. The Bertz CT molecular complexity index is 210. The van der Waals surface area contributed by atoms with Gasteiger partial charge >= 0.3 is 45.3 Å². The number of hydrogen-bond acceptors (Lipinski definition) is 3. The molecular formula is C4H2F6O5V. The van der Waals surface area contributed by atoms with Crippen molar-refractivity contribution in [1.82, 2.24) is 0 Å². The summed E-state index contributed by atoms with van der Waals surface area (Å²) in [4.78, 5) is 17.8. The Morgan fingerprint density at radius 2 is 0.812 bits per heavy atom. The molecule has 0 aliphatic heterocycles. The zero-order chi connectivity index (χ0) is 14.2. The van der Waals surface area contributed by atoms with Gasteiger partial charge in [0.05, 0.1) is 0 Å². The number of carboxylic acid groups (broad SMARTS) is 2. The van der Waals surface area contributed by atoms with E-state index in [0.717, 1.165) is 17.4 Å². The van der Waals surface area contributed by atoms with Crippen LogP contribution in [0.1, 0.15) is 0 Å². The monoisotopic (exact) mass is 295 g/mol. The molecule has 95 valence electrons. The Labute approximate surface area is 92.2 Å². The first-order valence-corrected chi connectivity index (χ1v) is 3.24. The molecule has 16 heavy (non-hydrogen) atoms. The van der Waals surface area contributed by atoms with Gasteiger partial charge in [-0.05, 0) is 0 Å². The van der Waals surface area contributed by atoms with E-state index in [1.165, 1.54) is 0 Å². The minimum absolute atomic E-state index is 1.06. The molecule has 0 rings (SSSR count). The number of alkyl halides is 6. The molecule has 5 nitrogen and oxygen atoms in total. The third-order valence-electron chi connectivity index (χ3n) is 0.485. The van der Waals surface area contributed by atoms with E-state index in [2.05, 4.69) is 0 Å². The molecule has 0 heterocycles. The summed E-state index contributed by atoms with van der Waals surface area (Å²) in [5, 5.41) is 14.2. The zero-order valence-corrected chi connectivity index (χ0v) is 8.23. The third kappa shape index (κ3) is 15.4. The van der Waals surface area contributed by atoms with Crippen LogP contribution in [0, 0.1) is 0 Å². The third-order valence-corrected chi connectivity index (χ3v) is 0.485. The van der Waals surface area contributed by atoms with E-state index in [-0.39, 0.29) is 0 Å². The van der Waals surface area contributed by atoms with E-state index >= 15 is 0 Å². The van der Waals surface area contributed by atoms with Crippen LogP contribution in [0.2, 0.25) is 0 Å². The number of carboxylic acids is 2. The summed E-state index contributed by atoms with van der Waals surface area (Å²) < 4.78 is 71.7. The van der Waals surface area contributed by atoms with Gasteiger partial charge in [0.15, 0.2) is 0 Å². The molecule has 0 fully saturated rings. The molecular weight excluding hydrogens is 293 g/mol.